The lowest BCUT2D eigenvalue weighted by Crippen LogP contribution is -2.33. The maximum absolute atomic E-state index is 12.8. The highest BCUT2D eigenvalue weighted by Crippen LogP contribution is 2.31. The number of sulfone groups is 1. The van der Waals surface area contributed by atoms with Gasteiger partial charge in [0.15, 0.2) is 11.5 Å². The third-order valence-corrected chi connectivity index (χ3v) is 5.76. The third-order valence-electron chi connectivity index (χ3n) is 3.94. The molecule has 0 unspecified atom stereocenters. The second kappa shape index (κ2) is 9.29. The second-order valence-electron chi connectivity index (χ2n) is 6.17. The summed E-state index contributed by atoms with van der Waals surface area (Å²) in [7, 11) is -1.86. The minimum absolute atomic E-state index is 0.267. The number of benzene rings is 2. The summed E-state index contributed by atoms with van der Waals surface area (Å²) in [5.74, 6) is 0.284. The molecule has 0 fully saturated rings. The summed E-state index contributed by atoms with van der Waals surface area (Å²) in [6.07, 6.45) is 1.12. The quantitative estimate of drug-likeness (QED) is 0.574. The predicted molar refractivity (Wildman–Crippen MR) is 113 cm³/mol. The zero-order valence-electron chi connectivity index (χ0n) is 15.9. The van der Waals surface area contributed by atoms with E-state index in [-0.39, 0.29) is 5.75 Å². The number of hydrogen-bond acceptors (Lipinski definition) is 6. The van der Waals surface area contributed by atoms with E-state index in [2.05, 4.69) is 21.2 Å². The van der Waals surface area contributed by atoms with Gasteiger partial charge in [0.2, 0.25) is 0 Å². The molecule has 9 heteroatoms. The number of amides is 1. The summed E-state index contributed by atoms with van der Waals surface area (Å²) < 4.78 is 35.2. The molecule has 0 spiro atoms. The van der Waals surface area contributed by atoms with Crippen LogP contribution in [0.3, 0.4) is 0 Å². The Balaban J connectivity index is 2.41. The standard InChI is InChI=1S/C19H23BrN2O5S/c1-4-27-17-10-12(8-9-16(17)26-2)15(11-28(3,24)25)22-19(23)13-6-5-7-14(21)18(13)20/h5-10,15H,4,11,21H2,1-3H3,(H,22,23)/t15-/m1/s1. The van der Waals surface area contributed by atoms with Gasteiger partial charge < -0.3 is 20.5 Å². The average Bonchev–Trinajstić information content (AvgIpc) is 2.62. The number of hydrogen-bond donors (Lipinski definition) is 2. The van der Waals surface area contributed by atoms with Crippen LogP contribution in [0.4, 0.5) is 5.69 Å². The molecule has 0 aliphatic carbocycles. The number of carbonyl (C=O) groups excluding carboxylic acids is 1. The minimum atomic E-state index is -3.38. The van der Waals surface area contributed by atoms with Gasteiger partial charge in [-0.25, -0.2) is 8.42 Å². The monoisotopic (exact) mass is 470 g/mol. The summed E-state index contributed by atoms with van der Waals surface area (Å²) in [6, 6.07) is 9.19. The normalized spacial score (nSPS) is 12.3. The molecule has 0 aromatic heterocycles. The van der Waals surface area contributed by atoms with Crippen LogP contribution in [0.1, 0.15) is 28.9 Å². The number of halogens is 1. The molecule has 0 radical (unpaired) electrons. The summed E-state index contributed by atoms with van der Waals surface area (Å²) >= 11 is 3.30. The second-order valence-corrected chi connectivity index (χ2v) is 9.15. The number of methoxy groups -OCH3 is 1. The van der Waals surface area contributed by atoms with Crippen LogP contribution >= 0.6 is 15.9 Å². The van der Waals surface area contributed by atoms with Crippen molar-refractivity contribution >= 4 is 37.4 Å². The van der Waals surface area contributed by atoms with Gasteiger partial charge >= 0.3 is 0 Å². The maximum Gasteiger partial charge on any atom is 0.253 e. The topological polar surface area (TPSA) is 108 Å². The first-order valence-corrected chi connectivity index (χ1v) is 11.3. The Kier molecular flexibility index (Phi) is 7.31. The van der Waals surface area contributed by atoms with Gasteiger partial charge in [0, 0.05) is 11.9 Å². The Morgan fingerprint density at radius 3 is 2.57 bits per heavy atom. The molecule has 0 heterocycles. The molecule has 3 N–H and O–H groups in total. The van der Waals surface area contributed by atoms with Gasteiger partial charge in [-0.05, 0) is 52.7 Å². The van der Waals surface area contributed by atoms with Gasteiger partial charge in [-0.15, -0.1) is 0 Å². The Morgan fingerprint density at radius 2 is 1.96 bits per heavy atom. The van der Waals surface area contributed by atoms with Crippen LogP contribution in [0, 0.1) is 0 Å². The lowest BCUT2D eigenvalue weighted by atomic mass is 10.1. The molecule has 1 amide bonds. The summed E-state index contributed by atoms with van der Waals surface area (Å²) in [5, 5.41) is 2.78. The van der Waals surface area contributed by atoms with Gasteiger partial charge in [-0.1, -0.05) is 12.1 Å². The van der Waals surface area contributed by atoms with Crippen molar-refractivity contribution in [3.63, 3.8) is 0 Å². The fourth-order valence-electron chi connectivity index (χ4n) is 2.66. The van der Waals surface area contributed by atoms with Crippen molar-refractivity contribution in [2.24, 2.45) is 0 Å². The van der Waals surface area contributed by atoms with E-state index < -0.39 is 21.8 Å². The maximum atomic E-state index is 12.8. The van der Waals surface area contributed by atoms with E-state index >= 15 is 0 Å². The van der Waals surface area contributed by atoms with Crippen LogP contribution in [0.5, 0.6) is 11.5 Å². The van der Waals surface area contributed by atoms with Crippen LogP contribution in [0.2, 0.25) is 0 Å². The first-order valence-electron chi connectivity index (χ1n) is 8.49. The third kappa shape index (κ3) is 5.62. The Bertz CT molecular complexity index is 963. The zero-order valence-corrected chi connectivity index (χ0v) is 18.3. The number of nitrogen functional groups attached to an aromatic ring is 1. The Hall–Kier alpha value is -2.26. The number of nitrogens with two attached hydrogens (primary N) is 1. The van der Waals surface area contributed by atoms with Crippen LogP contribution in [-0.4, -0.2) is 40.1 Å². The lowest BCUT2D eigenvalue weighted by Gasteiger charge is -2.21. The number of anilines is 1. The molecule has 2 aromatic rings. The molecule has 2 aromatic carbocycles. The fourth-order valence-corrected chi connectivity index (χ4v) is 3.99. The van der Waals surface area contributed by atoms with Gasteiger partial charge in [0.1, 0.15) is 9.84 Å². The van der Waals surface area contributed by atoms with Crippen molar-refractivity contribution in [2.45, 2.75) is 13.0 Å². The van der Waals surface area contributed by atoms with E-state index in [9.17, 15) is 13.2 Å². The molecule has 1 atom stereocenters. The van der Waals surface area contributed by atoms with E-state index in [1.807, 2.05) is 6.92 Å². The largest absolute Gasteiger partial charge is 0.493 e. The highest BCUT2D eigenvalue weighted by molar-refractivity contribution is 9.10. The van der Waals surface area contributed by atoms with Gasteiger partial charge in [0.25, 0.3) is 5.91 Å². The first-order chi connectivity index (χ1) is 13.2. The van der Waals surface area contributed by atoms with Gasteiger partial charge in [0.05, 0.1) is 35.5 Å². The van der Waals surface area contributed by atoms with Crippen molar-refractivity contribution in [1.82, 2.24) is 5.32 Å². The van der Waals surface area contributed by atoms with Crippen molar-refractivity contribution in [3.8, 4) is 11.5 Å². The Morgan fingerprint density at radius 1 is 1.25 bits per heavy atom. The summed E-state index contributed by atoms with van der Waals surface area (Å²) in [4.78, 5) is 12.8. The molecule has 7 nitrogen and oxygen atoms in total. The molecule has 28 heavy (non-hydrogen) atoms. The SMILES string of the molecule is CCOc1cc([C@@H](CS(C)(=O)=O)NC(=O)c2cccc(N)c2Br)ccc1OC. The molecule has 2 rings (SSSR count). The summed E-state index contributed by atoms with van der Waals surface area (Å²) in [6.45, 7) is 2.25. The van der Waals surface area contributed by atoms with E-state index in [1.54, 1.807) is 36.4 Å². The molecule has 0 bridgehead atoms. The van der Waals surface area contributed by atoms with Crippen LogP contribution in [0.25, 0.3) is 0 Å². The van der Waals surface area contributed by atoms with E-state index in [4.69, 9.17) is 15.2 Å². The lowest BCUT2D eigenvalue weighted by molar-refractivity contribution is 0.0939. The van der Waals surface area contributed by atoms with E-state index in [0.717, 1.165) is 6.26 Å². The molecular formula is C19H23BrN2O5S. The van der Waals surface area contributed by atoms with E-state index in [1.165, 1.54) is 7.11 Å². The van der Waals surface area contributed by atoms with Gasteiger partial charge in [-0.3, -0.25) is 4.79 Å². The molecule has 0 aliphatic heterocycles. The Labute approximate surface area is 173 Å². The summed E-state index contributed by atoms with van der Waals surface area (Å²) in [5.41, 5.74) is 7.15. The highest BCUT2D eigenvalue weighted by atomic mass is 79.9. The molecule has 0 aliphatic rings. The van der Waals surface area contributed by atoms with E-state index in [0.29, 0.717) is 39.4 Å². The fraction of sp³-hybridized carbons (Fsp3) is 0.316. The van der Waals surface area contributed by atoms with Gasteiger partial charge in [-0.2, -0.15) is 0 Å². The number of nitrogens with one attached hydrogen (secondary N) is 1. The molecule has 152 valence electrons. The molecule has 0 saturated carbocycles. The van der Waals surface area contributed by atoms with Crippen molar-refractivity contribution < 1.29 is 22.7 Å². The van der Waals surface area contributed by atoms with Crippen molar-refractivity contribution in [2.75, 3.05) is 31.5 Å². The average molecular weight is 471 g/mol. The number of ether oxygens (including phenoxy) is 2. The van der Waals surface area contributed by atoms with Crippen LogP contribution < -0.4 is 20.5 Å². The first kappa shape index (κ1) is 22.0. The van der Waals surface area contributed by atoms with Crippen LogP contribution in [-0.2, 0) is 9.84 Å². The zero-order chi connectivity index (χ0) is 20.9. The number of rotatable bonds is 8. The van der Waals surface area contributed by atoms with Crippen LogP contribution in [0.15, 0.2) is 40.9 Å². The minimum Gasteiger partial charge on any atom is -0.493 e. The molecular weight excluding hydrogens is 448 g/mol. The van der Waals surface area contributed by atoms with Crippen molar-refractivity contribution in [1.29, 1.82) is 0 Å². The smallest absolute Gasteiger partial charge is 0.253 e. The van der Waals surface area contributed by atoms with Crippen molar-refractivity contribution in [3.05, 3.63) is 52.0 Å². The molecule has 0 saturated heterocycles. The number of carbonyl (C=O) groups is 1. The predicted octanol–water partition coefficient (Wildman–Crippen LogP) is 2.95. The highest BCUT2D eigenvalue weighted by Gasteiger charge is 2.23.